The molecule has 0 heterocycles. The zero-order valence-corrected chi connectivity index (χ0v) is 11.9. The fourth-order valence-electron chi connectivity index (χ4n) is 1.78. The molecule has 108 valence electrons. The molecule has 1 rings (SSSR count). The first-order chi connectivity index (χ1) is 9.52. The van der Waals surface area contributed by atoms with E-state index in [4.69, 9.17) is 5.11 Å². The Hall–Kier alpha value is -2.10. The lowest BCUT2D eigenvalue weighted by Crippen LogP contribution is -2.40. The van der Waals surface area contributed by atoms with Gasteiger partial charge in [-0.1, -0.05) is 55.3 Å². The molecule has 0 spiro atoms. The SMILES string of the molecule is CCCC(NC(=O)C/C=C/c1ccc(C)cc1)C(=O)O. The van der Waals surface area contributed by atoms with E-state index in [2.05, 4.69) is 5.32 Å². The minimum Gasteiger partial charge on any atom is -0.480 e. The van der Waals surface area contributed by atoms with Gasteiger partial charge in [-0.2, -0.15) is 0 Å². The summed E-state index contributed by atoms with van der Waals surface area (Å²) in [6.45, 7) is 3.90. The maximum atomic E-state index is 11.7. The average molecular weight is 275 g/mol. The number of benzene rings is 1. The van der Waals surface area contributed by atoms with E-state index in [1.54, 1.807) is 6.08 Å². The first-order valence-corrected chi connectivity index (χ1v) is 6.78. The molecule has 4 nitrogen and oxygen atoms in total. The van der Waals surface area contributed by atoms with Crippen LogP contribution in [0.4, 0.5) is 0 Å². The summed E-state index contributed by atoms with van der Waals surface area (Å²) >= 11 is 0. The molecule has 0 aliphatic rings. The van der Waals surface area contributed by atoms with E-state index in [9.17, 15) is 9.59 Å². The van der Waals surface area contributed by atoms with E-state index >= 15 is 0 Å². The predicted molar refractivity (Wildman–Crippen MR) is 79.3 cm³/mol. The van der Waals surface area contributed by atoms with E-state index in [0.29, 0.717) is 6.42 Å². The van der Waals surface area contributed by atoms with Crippen LogP contribution in [-0.4, -0.2) is 23.0 Å². The molecular formula is C16H21NO3. The molecule has 0 radical (unpaired) electrons. The van der Waals surface area contributed by atoms with Crippen molar-refractivity contribution in [3.63, 3.8) is 0 Å². The van der Waals surface area contributed by atoms with Crippen molar-refractivity contribution in [3.8, 4) is 0 Å². The zero-order chi connectivity index (χ0) is 15.0. The van der Waals surface area contributed by atoms with Gasteiger partial charge in [0, 0.05) is 6.42 Å². The Morgan fingerprint density at radius 2 is 1.95 bits per heavy atom. The van der Waals surface area contributed by atoms with Crippen molar-refractivity contribution in [2.75, 3.05) is 0 Å². The topological polar surface area (TPSA) is 66.4 Å². The second-order valence-corrected chi connectivity index (χ2v) is 4.76. The summed E-state index contributed by atoms with van der Waals surface area (Å²) in [5.74, 6) is -1.25. The third-order valence-corrected chi connectivity index (χ3v) is 2.90. The summed E-state index contributed by atoms with van der Waals surface area (Å²) in [7, 11) is 0. The molecule has 20 heavy (non-hydrogen) atoms. The monoisotopic (exact) mass is 275 g/mol. The average Bonchev–Trinajstić information content (AvgIpc) is 2.40. The van der Waals surface area contributed by atoms with E-state index in [-0.39, 0.29) is 12.3 Å². The molecule has 1 aromatic rings. The van der Waals surface area contributed by atoms with Crippen LogP contribution in [0.2, 0.25) is 0 Å². The van der Waals surface area contributed by atoms with Crippen LogP contribution in [0.25, 0.3) is 6.08 Å². The third kappa shape index (κ3) is 5.69. The molecule has 0 bridgehead atoms. The summed E-state index contributed by atoms with van der Waals surface area (Å²) in [5, 5.41) is 11.5. The Kier molecular flexibility index (Phi) is 6.50. The number of aliphatic carboxylic acids is 1. The second kappa shape index (κ2) is 8.15. The molecule has 1 unspecified atom stereocenters. The Bertz CT molecular complexity index is 477. The fraction of sp³-hybridized carbons (Fsp3) is 0.375. The van der Waals surface area contributed by atoms with Crippen LogP contribution in [0.5, 0.6) is 0 Å². The van der Waals surface area contributed by atoms with E-state index in [1.807, 2.05) is 44.2 Å². The number of aryl methyl sites for hydroxylation is 1. The van der Waals surface area contributed by atoms with Crippen LogP contribution in [0.1, 0.15) is 37.3 Å². The van der Waals surface area contributed by atoms with Crippen molar-refractivity contribution in [3.05, 3.63) is 41.5 Å². The van der Waals surface area contributed by atoms with Gasteiger partial charge in [-0.15, -0.1) is 0 Å². The summed E-state index contributed by atoms with van der Waals surface area (Å²) in [6, 6.07) is 7.16. The molecular weight excluding hydrogens is 254 g/mol. The number of nitrogens with one attached hydrogen (secondary N) is 1. The first kappa shape index (κ1) is 16.0. The van der Waals surface area contributed by atoms with Crippen molar-refractivity contribution in [2.45, 2.75) is 39.2 Å². The molecule has 2 N–H and O–H groups in total. The molecule has 1 aromatic carbocycles. The highest BCUT2D eigenvalue weighted by atomic mass is 16.4. The van der Waals surface area contributed by atoms with Gasteiger partial charge in [0.25, 0.3) is 0 Å². The second-order valence-electron chi connectivity index (χ2n) is 4.76. The molecule has 1 amide bonds. The van der Waals surface area contributed by atoms with E-state index in [1.165, 1.54) is 5.56 Å². The van der Waals surface area contributed by atoms with Crippen LogP contribution in [-0.2, 0) is 9.59 Å². The van der Waals surface area contributed by atoms with Crippen molar-refractivity contribution in [1.29, 1.82) is 0 Å². The number of amides is 1. The Labute approximate surface area is 119 Å². The molecule has 0 aromatic heterocycles. The van der Waals surface area contributed by atoms with Crippen LogP contribution >= 0.6 is 0 Å². The van der Waals surface area contributed by atoms with Crippen LogP contribution in [0.15, 0.2) is 30.3 Å². The van der Waals surface area contributed by atoms with Crippen molar-refractivity contribution in [2.24, 2.45) is 0 Å². The lowest BCUT2D eigenvalue weighted by Gasteiger charge is -2.12. The van der Waals surface area contributed by atoms with Gasteiger partial charge in [0.1, 0.15) is 6.04 Å². The van der Waals surface area contributed by atoms with Gasteiger partial charge in [-0.3, -0.25) is 4.79 Å². The van der Waals surface area contributed by atoms with Crippen molar-refractivity contribution in [1.82, 2.24) is 5.32 Å². The van der Waals surface area contributed by atoms with Crippen LogP contribution in [0, 0.1) is 6.92 Å². The number of carbonyl (C=O) groups excluding carboxylic acids is 1. The van der Waals surface area contributed by atoms with Gasteiger partial charge >= 0.3 is 5.97 Å². The summed E-state index contributed by atoms with van der Waals surface area (Å²) < 4.78 is 0. The third-order valence-electron chi connectivity index (χ3n) is 2.90. The van der Waals surface area contributed by atoms with E-state index < -0.39 is 12.0 Å². The highest BCUT2D eigenvalue weighted by molar-refractivity contribution is 5.84. The normalized spacial score (nSPS) is 12.3. The standard InChI is InChI=1S/C16H21NO3/c1-3-5-14(16(19)20)17-15(18)7-4-6-13-10-8-12(2)9-11-13/h4,6,8-11,14H,3,5,7H2,1-2H3,(H,17,18)(H,19,20)/b6-4+. The Balaban J connectivity index is 2.46. The largest absolute Gasteiger partial charge is 0.480 e. The molecule has 0 aliphatic carbocycles. The molecule has 0 fully saturated rings. The van der Waals surface area contributed by atoms with Crippen LogP contribution in [0.3, 0.4) is 0 Å². The summed E-state index contributed by atoms with van der Waals surface area (Å²) in [4.78, 5) is 22.6. The minimum absolute atomic E-state index is 0.182. The highest BCUT2D eigenvalue weighted by Crippen LogP contribution is 2.05. The van der Waals surface area contributed by atoms with Gasteiger partial charge in [-0.25, -0.2) is 4.79 Å². The van der Waals surface area contributed by atoms with Crippen molar-refractivity contribution >= 4 is 18.0 Å². The minimum atomic E-state index is -0.984. The number of carboxylic acid groups (broad SMARTS) is 1. The molecule has 0 saturated heterocycles. The lowest BCUT2D eigenvalue weighted by atomic mass is 10.1. The van der Waals surface area contributed by atoms with Crippen LogP contribution < -0.4 is 5.32 Å². The number of hydrogen-bond donors (Lipinski definition) is 2. The molecule has 4 heteroatoms. The van der Waals surface area contributed by atoms with Gasteiger partial charge in [0.05, 0.1) is 0 Å². The highest BCUT2D eigenvalue weighted by Gasteiger charge is 2.17. The zero-order valence-electron chi connectivity index (χ0n) is 11.9. The molecule has 1 atom stereocenters. The smallest absolute Gasteiger partial charge is 0.326 e. The quantitative estimate of drug-likeness (QED) is 0.804. The van der Waals surface area contributed by atoms with E-state index in [0.717, 1.165) is 12.0 Å². The number of carbonyl (C=O) groups is 2. The first-order valence-electron chi connectivity index (χ1n) is 6.78. The molecule has 0 saturated carbocycles. The maximum Gasteiger partial charge on any atom is 0.326 e. The molecule has 0 aliphatic heterocycles. The number of rotatable bonds is 7. The van der Waals surface area contributed by atoms with Gasteiger partial charge in [0.2, 0.25) is 5.91 Å². The number of hydrogen-bond acceptors (Lipinski definition) is 2. The Morgan fingerprint density at radius 3 is 2.50 bits per heavy atom. The maximum absolute atomic E-state index is 11.7. The predicted octanol–water partition coefficient (Wildman–Crippen LogP) is 2.77. The van der Waals surface area contributed by atoms with Gasteiger partial charge in [-0.05, 0) is 18.9 Å². The van der Waals surface area contributed by atoms with Crippen molar-refractivity contribution < 1.29 is 14.7 Å². The summed E-state index contributed by atoms with van der Waals surface area (Å²) in [5.41, 5.74) is 2.20. The summed E-state index contributed by atoms with van der Waals surface area (Å²) in [6.07, 6.45) is 4.94. The van der Waals surface area contributed by atoms with Gasteiger partial charge in [0.15, 0.2) is 0 Å². The van der Waals surface area contributed by atoms with Gasteiger partial charge < -0.3 is 10.4 Å². The number of carboxylic acids is 1. The Morgan fingerprint density at radius 1 is 1.30 bits per heavy atom. The lowest BCUT2D eigenvalue weighted by molar-refractivity contribution is -0.141. The fourth-order valence-corrected chi connectivity index (χ4v) is 1.78.